The van der Waals surface area contributed by atoms with E-state index in [0.29, 0.717) is 24.2 Å². The summed E-state index contributed by atoms with van der Waals surface area (Å²) in [6, 6.07) is 21.7. The number of amides is 1. The first kappa shape index (κ1) is 20.0. The standard InChI is InChI=1S/C23H22N2O4S/c1-29-18-12-10-17(11-13-18)14-15-24-23(26)16-25-21-8-4-2-6-19(21)20-7-3-5-9-22(20)30(25,27)28/h2-13H,14-16H2,1H3,(H,24,26). The number of nitrogens with zero attached hydrogens (tertiary/aromatic N) is 1. The van der Waals surface area contributed by atoms with E-state index >= 15 is 0 Å². The first-order chi connectivity index (χ1) is 14.5. The first-order valence-corrected chi connectivity index (χ1v) is 11.1. The maximum atomic E-state index is 13.2. The molecule has 1 amide bonds. The van der Waals surface area contributed by atoms with Crippen molar-refractivity contribution in [1.29, 1.82) is 0 Å². The van der Waals surface area contributed by atoms with Crippen molar-refractivity contribution in [2.75, 3.05) is 24.5 Å². The predicted molar refractivity (Wildman–Crippen MR) is 116 cm³/mol. The van der Waals surface area contributed by atoms with E-state index in [9.17, 15) is 13.2 Å². The average Bonchev–Trinajstić information content (AvgIpc) is 2.77. The third kappa shape index (κ3) is 3.76. The highest BCUT2D eigenvalue weighted by Gasteiger charge is 2.35. The zero-order valence-electron chi connectivity index (χ0n) is 16.5. The summed E-state index contributed by atoms with van der Waals surface area (Å²) < 4.78 is 32.7. The SMILES string of the molecule is COc1ccc(CCNC(=O)CN2c3ccccc3-c3ccccc3S2(=O)=O)cc1. The smallest absolute Gasteiger partial charge is 0.265 e. The number of fused-ring (bicyclic) bond motifs is 3. The Bertz CT molecular complexity index is 1170. The zero-order valence-corrected chi connectivity index (χ0v) is 17.4. The average molecular weight is 423 g/mol. The first-order valence-electron chi connectivity index (χ1n) is 9.61. The van der Waals surface area contributed by atoms with Gasteiger partial charge in [-0.1, -0.05) is 48.5 Å². The maximum absolute atomic E-state index is 13.2. The number of para-hydroxylation sites is 1. The molecule has 154 valence electrons. The van der Waals surface area contributed by atoms with Crippen LogP contribution in [0.3, 0.4) is 0 Å². The van der Waals surface area contributed by atoms with Crippen LogP contribution in [0.4, 0.5) is 5.69 Å². The summed E-state index contributed by atoms with van der Waals surface area (Å²) in [5, 5.41) is 2.82. The van der Waals surface area contributed by atoms with E-state index < -0.39 is 10.0 Å². The number of sulfonamides is 1. The molecule has 0 saturated heterocycles. The molecule has 1 N–H and O–H groups in total. The Hall–Kier alpha value is -3.32. The summed E-state index contributed by atoms with van der Waals surface area (Å²) in [6.45, 7) is 0.146. The fraction of sp³-hybridized carbons (Fsp3) is 0.174. The molecule has 3 aromatic rings. The highest BCUT2D eigenvalue weighted by molar-refractivity contribution is 7.93. The lowest BCUT2D eigenvalue weighted by molar-refractivity contribution is -0.119. The van der Waals surface area contributed by atoms with Gasteiger partial charge < -0.3 is 10.1 Å². The zero-order chi connectivity index (χ0) is 21.1. The van der Waals surface area contributed by atoms with Gasteiger partial charge in [-0.3, -0.25) is 9.10 Å². The fourth-order valence-electron chi connectivity index (χ4n) is 3.58. The van der Waals surface area contributed by atoms with Gasteiger partial charge in [0.15, 0.2) is 0 Å². The lowest BCUT2D eigenvalue weighted by Crippen LogP contribution is -2.42. The molecule has 6 nitrogen and oxygen atoms in total. The molecular weight excluding hydrogens is 400 g/mol. The summed E-state index contributed by atoms with van der Waals surface area (Å²) in [5.74, 6) is 0.429. The number of carbonyl (C=O) groups excluding carboxylic acids is 1. The molecule has 3 aromatic carbocycles. The lowest BCUT2D eigenvalue weighted by atomic mass is 10.0. The van der Waals surface area contributed by atoms with Crippen LogP contribution in [0.5, 0.6) is 5.75 Å². The van der Waals surface area contributed by atoms with Gasteiger partial charge in [0, 0.05) is 17.7 Å². The van der Waals surface area contributed by atoms with Gasteiger partial charge in [0.05, 0.1) is 17.7 Å². The number of methoxy groups -OCH3 is 1. The molecular formula is C23H22N2O4S. The molecule has 0 bridgehead atoms. The van der Waals surface area contributed by atoms with Crippen molar-refractivity contribution in [2.45, 2.75) is 11.3 Å². The minimum Gasteiger partial charge on any atom is -0.497 e. The van der Waals surface area contributed by atoms with Crippen molar-refractivity contribution in [3.63, 3.8) is 0 Å². The number of nitrogens with one attached hydrogen (secondary N) is 1. The monoisotopic (exact) mass is 422 g/mol. The largest absolute Gasteiger partial charge is 0.497 e. The molecule has 7 heteroatoms. The van der Waals surface area contributed by atoms with Gasteiger partial charge in [0.25, 0.3) is 10.0 Å². The van der Waals surface area contributed by atoms with Crippen LogP contribution in [-0.4, -0.2) is 34.5 Å². The molecule has 0 atom stereocenters. The highest BCUT2D eigenvalue weighted by Crippen LogP contribution is 2.42. The number of hydrogen-bond donors (Lipinski definition) is 1. The minimum absolute atomic E-state index is 0.217. The van der Waals surface area contributed by atoms with Gasteiger partial charge in [-0.25, -0.2) is 8.42 Å². The van der Waals surface area contributed by atoms with E-state index in [2.05, 4.69) is 5.32 Å². The molecule has 0 spiro atoms. The molecule has 4 rings (SSSR count). The van der Waals surface area contributed by atoms with Gasteiger partial charge in [-0.2, -0.15) is 0 Å². The number of benzene rings is 3. The normalized spacial score (nSPS) is 13.8. The minimum atomic E-state index is -3.82. The number of carbonyl (C=O) groups is 1. The molecule has 1 aliphatic heterocycles. The molecule has 30 heavy (non-hydrogen) atoms. The predicted octanol–water partition coefficient (Wildman–Crippen LogP) is 3.23. The molecule has 0 aromatic heterocycles. The van der Waals surface area contributed by atoms with Crippen molar-refractivity contribution in [3.05, 3.63) is 78.4 Å². The lowest BCUT2D eigenvalue weighted by Gasteiger charge is -2.31. The quantitative estimate of drug-likeness (QED) is 0.662. The van der Waals surface area contributed by atoms with Crippen LogP contribution in [-0.2, 0) is 21.2 Å². The molecule has 0 fully saturated rings. The molecule has 0 radical (unpaired) electrons. The summed E-state index contributed by atoms with van der Waals surface area (Å²) in [6.07, 6.45) is 0.641. The van der Waals surface area contributed by atoms with Crippen LogP contribution in [0.1, 0.15) is 5.56 Å². The number of rotatable bonds is 6. The van der Waals surface area contributed by atoms with Crippen LogP contribution in [0.15, 0.2) is 77.7 Å². The summed E-state index contributed by atoms with van der Waals surface area (Å²) in [5.41, 5.74) is 3.03. The molecule has 0 unspecified atom stereocenters. The summed E-state index contributed by atoms with van der Waals surface area (Å²) >= 11 is 0. The summed E-state index contributed by atoms with van der Waals surface area (Å²) in [7, 11) is -2.21. The molecule has 1 heterocycles. The van der Waals surface area contributed by atoms with Crippen molar-refractivity contribution in [3.8, 4) is 16.9 Å². The topological polar surface area (TPSA) is 75.7 Å². The number of anilines is 1. The number of ether oxygens (including phenoxy) is 1. The van der Waals surface area contributed by atoms with Gasteiger partial charge in [0.1, 0.15) is 12.3 Å². The van der Waals surface area contributed by atoms with Crippen molar-refractivity contribution < 1.29 is 17.9 Å². The molecule has 1 aliphatic rings. The van der Waals surface area contributed by atoms with Gasteiger partial charge in [0.2, 0.25) is 5.91 Å². The van der Waals surface area contributed by atoms with Crippen molar-refractivity contribution in [1.82, 2.24) is 5.32 Å². The summed E-state index contributed by atoms with van der Waals surface area (Å²) in [4.78, 5) is 12.8. The van der Waals surface area contributed by atoms with E-state index in [1.807, 2.05) is 42.5 Å². The van der Waals surface area contributed by atoms with Crippen LogP contribution >= 0.6 is 0 Å². The van der Waals surface area contributed by atoms with Crippen molar-refractivity contribution in [2.24, 2.45) is 0 Å². The van der Waals surface area contributed by atoms with E-state index in [0.717, 1.165) is 16.9 Å². The second kappa shape index (κ2) is 8.20. The van der Waals surface area contributed by atoms with E-state index in [4.69, 9.17) is 4.74 Å². The second-order valence-corrected chi connectivity index (χ2v) is 8.80. The fourth-order valence-corrected chi connectivity index (χ4v) is 5.23. The second-order valence-electron chi connectivity index (χ2n) is 6.97. The Morgan fingerprint density at radius 2 is 1.60 bits per heavy atom. The Morgan fingerprint density at radius 1 is 0.933 bits per heavy atom. The van der Waals surface area contributed by atoms with E-state index in [1.54, 1.807) is 37.4 Å². The van der Waals surface area contributed by atoms with Crippen LogP contribution < -0.4 is 14.4 Å². The van der Waals surface area contributed by atoms with Crippen LogP contribution in [0.2, 0.25) is 0 Å². The molecule has 0 saturated carbocycles. The Kier molecular flexibility index (Phi) is 5.46. The third-order valence-electron chi connectivity index (χ3n) is 5.10. The van der Waals surface area contributed by atoms with Gasteiger partial charge in [-0.05, 0) is 36.2 Å². The maximum Gasteiger partial charge on any atom is 0.265 e. The van der Waals surface area contributed by atoms with E-state index in [1.165, 1.54) is 4.31 Å². The van der Waals surface area contributed by atoms with Crippen LogP contribution in [0, 0.1) is 0 Å². The number of hydrogen-bond acceptors (Lipinski definition) is 4. The molecule has 0 aliphatic carbocycles. The van der Waals surface area contributed by atoms with Crippen molar-refractivity contribution >= 4 is 21.6 Å². The Morgan fingerprint density at radius 3 is 2.33 bits per heavy atom. The van der Waals surface area contributed by atoms with E-state index in [-0.39, 0.29) is 17.3 Å². The van der Waals surface area contributed by atoms with Crippen LogP contribution in [0.25, 0.3) is 11.1 Å². The highest BCUT2D eigenvalue weighted by atomic mass is 32.2. The van der Waals surface area contributed by atoms with Gasteiger partial charge >= 0.3 is 0 Å². The van der Waals surface area contributed by atoms with Gasteiger partial charge in [-0.15, -0.1) is 0 Å². The Labute approximate surface area is 176 Å². The third-order valence-corrected chi connectivity index (χ3v) is 6.92. The Balaban J connectivity index is 1.49.